The average Bonchev–Trinajstić information content (AvgIpc) is 2.62. The van der Waals surface area contributed by atoms with E-state index in [4.69, 9.17) is 4.52 Å². The van der Waals surface area contributed by atoms with E-state index >= 15 is 0 Å². The lowest BCUT2D eigenvalue weighted by molar-refractivity contribution is -0.114. The molecule has 94 valence electrons. The number of amides is 1. The molecule has 6 nitrogen and oxygen atoms in total. The van der Waals surface area contributed by atoms with Crippen LogP contribution in [0.15, 0.2) is 21.6 Å². The highest BCUT2D eigenvalue weighted by atomic mass is 16.5. The molecule has 1 amide bonds. The monoisotopic (exact) mass is 247 g/mol. The molecule has 0 aliphatic carbocycles. The number of carbonyl (C=O) groups is 1. The van der Waals surface area contributed by atoms with E-state index in [-0.39, 0.29) is 17.2 Å². The van der Waals surface area contributed by atoms with E-state index in [1.165, 1.54) is 6.92 Å². The van der Waals surface area contributed by atoms with Crippen molar-refractivity contribution >= 4 is 11.6 Å². The molecule has 0 spiro atoms. The summed E-state index contributed by atoms with van der Waals surface area (Å²) in [4.78, 5) is 25.1. The number of aryl methyl sites for hydroxylation is 2. The van der Waals surface area contributed by atoms with Crippen LogP contribution in [0.5, 0.6) is 0 Å². The fourth-order valence-corrected chi connectivity index (χ4v) is 1.81. The van der Waals surface area contributed by atoms with Gasteiger partial charge in [-0.3, -0.25) is 9.59 Å². The van der Waals surface area contributed by atoms with Gasteiger partial charge >= 0.3 is 0 Å². The topological polar surface area (TPSA) is 88.0 Å². The summed E-state index contributed by atoms with van der Waals surface area (Å²) >= 11 is 0. The van der Waals surface area contributed by atoms with Gasteiger partial charge in [-0.25, -0.2) is 0 Å². The molecule has 2 rings (SSSR count). The standard InChI is InChI=1S/C12H13N3O3/c1-6-11(7(2)18-15-6)9-4-10(14-8(3)16)12(17)13-5-9/h4-5H,1-3H3,(H,13,17)(H,14,16). The van der Waals surface area contributed by atoms with Gasteiger partial charge in [0.1, 0.15) is 11.4 Å². The van der Waals surface area contributed by atoms with E-state index in [0.29, 0.717) is 5.76 Å². The third-order valence-electron chi connectivity index (χ3n) is 2.54. The Morgan fingerprint density at radius 2 is 2.17 bits per heavy atom. The van der Waals surface area contributed by atoms with Crippen LogP contribution in [0.3, 0.4) is 0 Å². The van der Waals surface area contributed by atoms with Crippen LogP contribution in [0.25, 0.3) is 11.1 Å². The van der Waals surface area contributed by atoms with Gasteiger partial charge in [-0.2, -0.15) is 0 Å². The van der Waals surface area contributed by atoms with Crippen molar-refractivity contribution in [3.8, 4) is 11.1 Å². The molecule has 2 aromatic rings. The highest BCUT2D eigenvalue weighted by Crippen LogP contribution is 2.26. The molecule has 0 bridgehead atoms. The first-order chi connectivity index (χ1) is 8.49. The molecule has 0 fully saturated rings. The van der Waals surface area contributed by atoms with Gasteiger partial charge in [-0.1, -0.05) is 5.16 Å². The lowest BCUT2D eigenvalue weighted by Gasteiger charge is -2.04. The summed E-state index contributed by atoms with van der Waals surface area (Å²) in [6, 6.07) is 1.60. The summed E-state index contributed by atoms with van der Waals surface area (Å²) < 4.78 is 5.07. The second-order valence-electron chi connectivity index (χ2n) is 4.01. The van der Waals surface area contributed by atoms with Crippen LogP contribution in [-0.2, 0) is 4.79 Å². The second kappa shape index (κ2) is 4.48. The molecule has 2 N–H and O–H groups in total. The van der Waals surface area contributed by atoms with Crippen LogP contribution < -0.4 is 10.9 Å². The molecule has 0 unspecified atom stereocenters. The highest BCUT2D eigenvalue weighted by molar-refractivity contribution is 5.89. The average molecular weight is 247 g/mol. The molecule has 6 heteroatoms. The van der Waals surface area contributed by atoms with Crippen molar-refractivity contribution < 1.29 is 9.32 Å². The Morgan fingerprint density at radius 3 is 2.72 bits per heavy atom. The predicted molar refractivity (Wildman–Crippen MR) is 66.3 cm³/mol. The summed E-state index contributed by atoms with van der Waals surface area (Å²) in [5.74, 6) is 0.365. The lowest BCUT2D eigenvalue weighted by atomic mass is 10.1. The largest absolute Gasteiger partial charge is 0.361 e. The van der Waals surface area contributed by atoms with Crippen molar-refractivity contribution in [3.05, 3.63) is 34.1 Å². The molecule has 18 heavy (non-hydrogen) atoms. The van der Waals surface area contributed by atoms with E-state index in [9.17, 15) is 9.59 Å². The van der Waals surface area contributed by atoms with Crippen molar-refractivity contribution in [2.75, 3.05) is 5.32 Å². The maximum Gasteiger partial charge on any atom is 0.271 e. The quantitative estimate of drug-likeness (QED) is 0.843. The molecular formula is C12H13N3O3. The van der Waals surface area contributed by atoms with Crippen molar-refractivity contribution in [2.24, 2.45) is 0 Å². The van der Waals surface area contributed by atoms with Crippen molar-refractivity contribution in [2.45, 2.75) is 20.8 Å². The van der Waals surface area contributed by atoms with E-state index in [1.54, 1.807) is 19.2 Å². The van der Waals surface area contributed by atoms with Crippen LogP contribution in [0.4, 0.5) is 5.69 Å². The summed E-state index contributed by atoms with van der Waals surface area (Å²) in [7, 11) is 0. The summed E-state index contributed by atoms with van der Waals surface area (Å²) in [5.41, 5.74) is 2.15. The maximum atomic E-state index is 11.5. The number of anilines is 1. The Bertz CT molecular complexity index is 635. The third-order valence-corrected chi connectivity index (χ3v) is 2.54. The van der Waals surface area contributed by atoms with Gasteiger partial charge < -0.3 is 14.8 Å². The van der Waals surface area contributed by atoms with Crippen molar-refractivity contribution in [3.63, 3.8) is 0 Å². The van der Waals surface area contributed by atoms with Gasteiger partial charge in [-0.15, -0.1) is 0 Å². The first kappa shape index (κ1) is 12.1. The minimum absolute atomic E-state index is 0.208. The summed E-state index contributed by atoms with van der Waals surface area (Å²) in [5, 5.41) is 6.33. The lowest BCUT2D eigenvalue weighted by Crippen LogP contribution is -2.17. The van der Waals surface area contributed by atoms with Gasteiger partial charge in [0.15, 0.2) is 0 Å². The van der Waals surface area contributed by atoms with E-state index in [2.05, 4.69) is 15.5 Å². The number of pyridine rings is 1. The van der Waals surface area contributed by atoms with Gasteiger partial charge in [0.05, 0.1) is 5.69 Å². The van der Waals surface area contributed by atoms with Crippen molar-refractivity contribution in [1.82, 2.24) is 10.1 Å². The molecule has 0 atom stereocenters. The Kier molecular flexibility index (Phi) is 3.01. The maximum absolute atomic E-state index is 11.5. The molecule has 0 saturated heterocycles. The van der Waals surface area contributed by atoms with Crippen LogP contribution in [0.2, 0.25) is 0 Å². The third kappa shape index (κ3) is 2.17. The zero-order valence-electron chi connectivity index (χ0n) is 10.3. The van der Waals surface area contributed by atoms with Gasteiger partial charge in [0.25, 0.3) is 5.56 Å². The Balaban J connectivity index is 2.54. The first-order valence-corrected chi connectivity index (χ1v) is 5.42. The second-order valence-corrected chi connectivity index (χ2v) is 4.01. The number of aromatic nitrogens is 2. The van der Waals surface area contributed by atoms with E-state index in [1.807, 2.05) is 6.92 Å². The SMILES string of the molecule is CC(=O)Nc1cc(-c2c(C)noc2C)c[nH]c1=O. The Morgan fingerprint density at radius 1 is 1.44 bits per heavy atom. The van der Waals surface area contributed by atoms with Crippen LogP contribution in [0, 0.1) is 13.8 Å². The molecule has 2 aromatic heterocycles. The minimum atomic E-state index is -0.347. The molecule has 0 saturated carbocycles. The first-order valence-electron chi connectivity index (χ1n) is 5.42. The fourth-order valence-electron chi connectivity index (χ4n) is 1.81. The molecule has 0 aliphatic rings. The minimum Gasteiger partial charge on any atom is -0.361 e. The zero-order chi connectivity index (χ0) is 13.3. The zero-order valence-corrected chi connectivity index (χ0v) is 10.3. The Hall–Kier alpha value is -2.37. The number of rotatable bonds is 2. The Labute approximate surface area is 103 Å². The van der Waals surface area contributed by atoms with E-state index in [0.717, 1.165) is 16.8 Å². The smallest absolute Gasteiger partial charge is 0.271 e. The van der Waals surface area contributed by atoms with Crippen LogP contribution in [0.1, 0.15) is 18.4 Å². The molecule has 2 heterocycles. The number of aromatic amines is 1. The normalized spacial score (nSPS) is 10.4. The molecular weight excluding hydrogens is 234 g/mol. The number of nitrogens with one attached hydrogen (secondary N) is 2. The van der Waals surface area contributed by atoms with Gasteiger partial charge in [0.2, 0.25) is 5.91 Å². The molecule has 0 aliphatic heterocycles. The number of hydrogen-bond acceptors (Lipinski definition) is 4. The molecule has 0 aromatic carbocycles. The fraction of sp³-hybridized carbons (Fsp3) is 0.250. The van der Waals surface area contributed by atoms with Crippen molar-refractivity contribution in [1.29, 1.82) is 0 Å². The van der Waals surface area contributed by atoms with Gasteiger partial charge in [-0.05, 0) is 19.9 Å². The van der Waals surface area contributed by atoms with Gasteiger partial charge in [0, 0.05) is 24.2 Å². The number of carbonyl (C=O) groups excluding carboxylic acids is 1. The van der Waals surface area contributed by atoms with E-state index < -0.39 is 0 Å². The number of H-pyrrole nitrogens is 1. The molecule has 0 radical (unpaired) electrons. The predicted octanol–water partition coefficient (Wildman–Crippen LogP) is 1.61. The number of nitrogens with zero attached hydrogens (tertiary/aromatic N) is 1. The van der Waals surface area contributed by atoms with Crippen LogP contribution >= 0.6 is 0 Å². The van der Waals surface area contributed by atoms with Crippen LogP contribution in [-0.4, -0.2) is 16.0 Å². The summed E-state index contributed by atoms with van der Waals surface area (Å²) in [6.45, 7) is 4.95. The highest BCUT2D eigenvalue weighted by Gasteiger charge is 2.13. The number of hydrogen-bond donors (Lipinski definition) is 2. The summed E-state index contributed by atoms with van der Waals surface area (Å²) in [6.07, 6.45) is 1.57.